The van der Waals surface area contributed by atoms with E-state index < -0.39 is 24.2 Å². The Bertz CT molecular complexity index is 995. The highest BCUT2D eigenvalue weighted by atomic mass is 19.1. The van der Waals surface area contributed by atoms with Gasteiger partial charge in [-0.15, -0.1) is 10.2 Å². The summed E-state index contributed by atoms with van der Waals surface area (Å²) in [6.45, 7) is 0. The van der Waals surface area contributed by atoms with E-state index in [1.165, 1.54) is 40.8 Å². The fourth-order valence-corrected chi connectivity index (χ4v) is 2.20. The number of benzene rings is 1. The molecule has 0 unspecified atom stereocenters. The number of carbonyl (C=O) groups is 2. The Morgan fingerprint density at radius 1 is 1.08 bits per heavy atom. The minimum atomic E-state index is -1.11. The van der Waals surface area contributed by atoms with Crippen LogP contribution in [-0.4, -0.2) is 31.5 Å². The van der Waals surface area contributed by atoms with Crippen molar-refractivity contribution in [3.63, 3.8) is 0 Å². The SMILES string of the molecule is O=C(O)Cc1nc2ccc(F)cn2c1N=Nc1ccc(C(=O)O)cc1. The molecule has 0 amide bonds. The number of aromatic nitrogens is 2. The Labute approximate surface area is 139 Å². The second-order valence-corrected chi connectivity index (χ2v) is 5.08. The molecule has 25 heavy (non-hydrogen) atoms. The lowest BCUT2D eigenvalue weighted by molar-refractivity contribution is -0.136. The number of rotatable bonds is 5. The van der Waals surface area contributed by atoms with Crippen LogP contribution in [0.3, 0.4) is 0 Å². The van der Waals surface area contributed by atoms with Gasteiger partial charge < -0.3 is 10.2 Å². The van der Waals surface area contributed by atoms with Gasteiger partial charge in [0, 0.05) is 6.20 Å². The van der Waals surface area contributed by atoms with Crippen LogP contribution in [0.2, 0.25) is 0 Å². The number of aromatic carboxylic acids is 1. The topological polar surface area (TPSA) is 117 Å². The lowest BCUT2D eigenvalue weighted by atomic mass is 10.2. The summed E-state index contributed by atoms with van der Waals surface area (Å²) < 4.78 is 14.8. The number of carboxylic acids is 2. The Balaban J connectivity index is 2.02. The van der Waals surface area contributed by atoms with E-state index in [9.17, 15) is 14.0 Å². The van der Waals surface area contributed by atoms with Crippen LogP contribution in [-0.2, 0) is 11.2 Å². The van der Waals surface area contributed by atoms with Crippen LogP contribution in [0, 0.1) is 5.82 Å². The Hall–Kier alpha value is -3.62. The number of nitrogens with zero attached hydrogens (tertiary/aromatic N) is 4. The van der Waals surface area contributed by atoms with Crippen LogP contribution < -0.4 is 0 Å². The summed E-state index contributed by atoms with van der Waals surface area (Å²) >= 11 is 0. The smallest absolute Gasteiger partial charge is 0.335 e. The molecular weight excluding hydrogens is 331 g/mol. The van der Waals surface area contributed by atoms with Crippen LogP contribution in [0.1, 0.15) is 16.1 Å². The van der Waals surface area contributed by atoms with Crippen LogP contribution in [0.15, 0.2) is 52.8 Å². The van der Waals surface area contributed by atoms with Crippen molar-refractivity contribution < 1.29 is 24.2 Å². The highest BCUT2D eigenvalue weighted by molar-refractivity contribution is 5.87. The molecule has 2 heterocycles. The van der Waals surface area contributed by atoms with Crippen LogP contribution >= 0.6 is 0 Å². The summed E-state index contributed by atoms with van der Waals surface area (Å²) in [6, 6.07) is 8.24. The second kappa shape index (κ2) is 6.48. The minimum absolute atomic E-state index is 0.0965. The van der Waals surface area contributed by atoms with Crippen LogP contribution in [0.25, 0.3) is 5.65 Å². The predicted molar refractivity (Wildman–Crippen MR) is 84.1 cm³/mol. The summed E-state index contributed by atoms with van der Waals surface area (Å²) in [4.78, 5) is 25.9. The van der Waals surface area contributed by atoms with Crippen molar-refractivity contribution >= 4 is 29.1 Å². The largest absolute Gasteiger partial charge is 0.481 e. The van der Waals surface area contributed by atoms with E-state index in [1.807, 2.05) is 0 Å². The van der Waals surface area contributed by atoms with Crippen molar-refractivity contribution in [2.45, 2.75) is 6.42 Å². The molecule has 0 fully saturated rings. The van der Waals surface area contributed by atoms with E-state index in [4.69, 9.17) is 10.2 Å². The number of azo groups is 1. The summed E-state index contributed by atoms with van der Waals surface area (Å²) in [5.41, 5.74) is 0.942. The molecule has 0 radical (unpaired) electrons. The Kier molecular flexibility index (Phi) is 4.21. The molecular formula is C16H11FN4O4. The molecule has 0 aliphatic carbocycles. The number of carboxylic acid groups (broad SMARTS) is 2. The lowest BCUT2D eigenvalue weighted by Gasteiger charge is -1.98. The lowest BCUT2D eigenvalue weighted by Crippen LogP contribution is -2.00. The van der Waals surface area contributed by atoms with Crippen molar-refractivity contribution in [2.24, 2.45) is 10.2 Å². The first kappa shape index (κ1) is 16.2. The maximum atomic E-state index is 13.5. The number of halogens is 1. The van der Waals surface area contributed by atoms with E-state index >= 15 is 0 Å². The molecule has 9 heteroatoms. The van der Waals surface area contributed by atoms with Gasteiger partial charge in [-0.1, -0.05) is 0 Å². The van der Waals surface area contributed by atoms with Crippen molar-refractivity contribution in [3.8, 4) is 0 Å². The highest BCUT2D eigenvalue weighted by Crippen LogP contribution is 2.25. The van der Waals surface area contributed by atoms with E-state index in [-0.39, 0.29) is 17.1 Å². The monoisotopic (exact) mass is 342 g/mol. The first-order chi connectivity index (χ1) is 11.9. The van der Waals surface area contributed by atoms with Gasteiger partial charge in [0.1, 0.15) is 11.5 Å². The molecule has 0 aliphatic heterocycles. The van der Waals surface area contributed by atoms with E-state index in [0.717, 1.165) is 6.20 Å². The molecule has 0 spiro atoms. The van der Waals surface area contributed by atoms with Gasteiger partial charge in [-0.3, -0.25) is 9.20 Å². The average Bonchev–Trinajstić information content (AvgIpc) is 2.89. The summed E-state index contributed by atoms with van der Waals surface area (Å²) in [6.07, 6.45) is 0.741. The molecule has 0 aliphatic rings. The second-order valence-electron chi connectivity index (χ2n) is 5.08. The molecule has 2 N–H and O–H groups in total. The third-order valence-corrected chi connectivity index (χ3v) is 3.32. The molecule has 3 aromatic rings. The highest BCUT2D eigenvalue weighted by Gasteiger charge is 2.15. The van der Waals surface area contributed by atoms with Crippen molar-refractivity contribution in [1.29, 1.82) is 0 Å². The molecule has 0 bridgehead atoms. The standard InChI is InChI=1S/C16H11FN4O4/c17-10-3-6-13-18-12(7-14(22)23)15(21(13)8-10)20-19-11-4-1-9(2-5-11)16(24)25/h1-6,8H,7H2,(H,22,23)(H,24,25). The average molecular weight is 342 g/mol. The number of hydrogen-bond acceptors (Lipinski definition) is 5. The summed E-state index contributed by atoms with van der Waals surface area (Å²) in [7, 11) is 0. The number of imidazole rings is 1. The maximum Gasteiger partial charge on any atom is 0.335 e. The zero-order chi connectivity index (χ0) is 18.0. The van der Waals surface area contributed by atoms with Crippen LogP contribution in [0.5, 0.6) is 0 Å². The Morgan fingerprint density at radius 3 is 2.44 bits per heavy atom. The van der Waals surface area contributed by atoms with Gasteiger partial charge in [0.15, 0.2) is 5.82 Å². The molecule has 2 aromatic heterocycles. The van der Waals surface area contributed by atoms with Gasteiger partial charge in [0.25, 0.3) is 0 Å². The fraction of sp³-hybridized carbons (Fsp3) is 0.0625. The number of fused-ring (bicyclic) bond motifs is 1. The third kappa shape index (κ3) is 3.50. The third-order valence-electron chi connectivity index (χ3n) is 3.32. The van der Waals surface area contributed by atoms with Crippen molar-refractivity contribution in [2.75, 3.05) is 0 Å². The van der Waals surface area contributed by atoms with E-state index in [2.05, 4.69) is 15.2 Å². The van der Waals surface area contributed by atoms with E-state index in [1.54, 1.807) is 0 Å². The maximum absolute atomic E-state index is 13.5. The van der Waals surface area contributed by atoms with Gasteiger partial charge >= 0.3 is 11.9 Å². The van der Waals surface area contributed by atoms with Gasteiger partial charge in [-0.05, 0) is 36.4 Å². The molecule has 0 saturated carbocycles. The number of hydrogen-bond donors (Lipinski definition) is 2. The zero-order valence-electron chi connectivity index (χ0n) is 12.6. The summed E-state index contributed by atoms with van der Waals surface area (Å²) in [5, 5.41) is 25.8. The fourth-order valence-electron chi connectivity index (χ4n) is 2.20. The van der Waals surface area contributed by atoms with Crippen molar-refractivity contribution in [3.05, 3.63) is 59.7 Å². The molecule has 3 rings (SSSR count). The molecule has 1 aromatic carbocycles. The van der Waals surface area contributed by atoms with Gasteiger partial charge in [-0.25, -0.2) is 14.2 Å². The van der Waals surface area contributed by atoms with Crippen molar-refractivity contribution in [1.82, 2.24) is 9.38 Å². The van der Waals surface area contributed by atoms with Gasteiger partial charge in [0.2, 0.25) is 0 Å². The van der Waals surface area contributed by atoms with Gasteiger partial charge in [0.05, 0.1) is 23.4 Å². The molecule has 0 saturated heterocycles. The molecule has 0 atom stereocenters. The molecule has 126 valence electrons. The predicted octanol–water partition coefficient (Wildman–Crippen LogP) is 3.21. The minimum Gasteiger partial charge on any atom is -0.481 e. The zero-order valence-corrected chi connectivity index (χ0v) is 12.6. The summed E-state index contributed by atoms with van der Waals surface area (Å²) in [5.74, 6) is -2.61. The number of aliphatic carboxylic acids is 1. The van der Waals surface area contributed by atoms with Gasteiger partial charge in [-0.2, -0.15) is 0 Å². The quantitative estimate of drug-likeness (QED) is 0.691. The first-order valence-electron chi connectivity index (χ1n) is 7.07. The van der Waals surface area contributed by atoms with E-state index in [0.29, 0.717) is 11.3 Å². The molecule has 8 nitrogen and oxygen atoms in total. The van der Waals surface area contributed by atoms with Crippen LogP contribution in [0.4, 0.5) is 15.9 Å². The number of pyridine rings is 1. The normalized spacial score (nSPS) is 11.2. The Morgan fingerprint density at radius 2 is 1.80 bits per heavy atom. The first-order valence-corrected chi connectivity index (χ1v) is 7.07.